The van der Waals surface area contributed by atoms with Gasteiger partial charge in [-0.15, -0.1) is 0 Å². The van der Waals surface area contributed by atoms with Crippen molar-refractivity contribution in [3.05, 3.63) is 47.7 Å². The van der Waals surface area contributed by atoms with Crippen molar-refractivity contribution in [2.24, 2.45) is 5.92 Å². The maximum Gasteiger partial charge on any atom is 0.228 e. The van der Waals surface area contributed by atoms with Gasteiger partial charge in [-0.05, 0) is 36.3 Å². The van der Waals surface area contributed by atoms with Gasteiger partial charge in [0, 0.05) is 44.9 Å². The normalized spacial score (nSPS) is 17.5. The first-order valence-corrected chi connectivity index (χ1v) is 9.69. The smallest absolute Gasteiger partial charge is 0.228 e. The van der Waals surface area contributed by atoms with Gasteiger partial charge in [-0.3, -0.25) is 4.79 Å². The van der Waals surface area contributed by atoms with E-state index in [4.69, 9.17) is 4.74 Å². The van der Waals surface area contributed by atoms with E-state index in [-0.39, 0.29) is 0 Å². The number of ether oxygens (including phenoxy) is 1. The van der Waals surface area contributed by atoms with Crippen molar-refractivity contribution in [2.75, 3.05) is 31.6 Å². The number of amides is 1. The maximum atomic E-state index is 12.8. The van der Waals surface area contributed by atoms with E-state index >= 15 is 0 Å². The van der Waals surface area contributed by atoms with Gasteiger partial charge in [0.05, 0.1) is 7.11 Å². The number of rotatable bonds is 4. The fourth-order valence-electron chi connectivity index (χ4n) is 4.02. The summed E-state index contributed by atoms with van der Waals surface area (Å²) in [6.45, 7) is 3.36. The third-order valence-electron chi connectivity index (χ3n) is 5.67. The van der Waals surface area contributed by atoms with Crippen LogP contribution in [0.15, 0.2) is 36.5 Å². The monoisotopic (exact) mass is 366 g/mol. The average Bonchev–Trinajstić information content (AvgIpc) is 2.74. The van der Waals surface area contributed by atoms with Crippen LogP contribution >= 0.6 is 0 Å². The molecule has 0 aliphatic carbocycles. The molecule has 0 unspecified atom stereocenters. The summed E-state index contributed by atoms with van der Waals surface area (Å²) in [7, 11) is 1.61. The Kier molecular flexibility index (Phi) is 5.23. The summed E-state index contributed by atoms with van der Waals surface area (Å²) < 4.78 is 5.18. The summed E-state index contributed by atoms with van der Waals surface area (Å²) in [5.41, 5.74) is 2.68. The molecule has 0 N–H and O–H groups in total. The van der Waals surface area contributed by atoms with Gasteiger partial charge in [-0.25, -0.2) is 4.98 Å². The summed E-state index contributed by atoms with van der Waals surface area (Å²) in [6, 6.07) is 10.2. The van der Waals surface area contributed by atoms with E-state index in [0.29, 0.717) is 30.1 Å². The van der Waals surface area contributed by atoms with E-state index < -0.39 is 0 Å². The molecule has 0 bridgehead atoms. The van der Waals surface area contributed by atoms with E-state index in [1.54, 1.807) is 19.4 Å². The van der Waals surface area contributed by atoms with Crippen molar-refractivity contribution in [3.63, 3.8) is 0 Å². The van der Waals surface area contributed by atoms with Crippen molar-refractivity contribution in [1.82, 2.24) is 14.9 Å². The number of anilines is 1. The summed E-state index contributed by atoms with van der Waals surface area (Å²) in [4.78, 5) is 25.8. The standard InChI is InChI=1S/C21H26N4O2/c1-27-19-6-10-22-21(23-19)24-11-7-16(8-12-24)14-20(26)25-13-9-17-4-2-3-5-18(17)15-25/h2-6,10,16H,7-9,11-15H2,1H3. The molecular formula is C21H26N4O2. The molecule has 6 heteroatoms. The molecule has 4 rings (SSSR count). The fourth-order valence-corrected chi connectivity index (χ4v) is 4.02. The molecular weight excluding hydrogens is 340 g/mol. The Morgan fingerprint density at radius 3 is 2.70 bits per heavy atom. The van der Waals surface area contributed by atoms with Crippen LogP contribution in [-0.2, 0) is 17.8 Å². The van der Waals surface area contributed by atoms with E-state index in [1.807, 2.05) is 4.90 Å². The van der Waals surface area contributed by atoms with E-state index in [0.717, 1.165) is 45.4 Å². The zero-order valence-corrected chi connectivity index (χ0v) is 15.8. The molecule has 27 heavy (non-hydrogen) atoms. The van der Waals surface area contributed by atoms with Crippen LogP contribution in [-0.4, -0.2) is 47.5 Å². The van der Waals surface area contributed by atoms with Crippen LogP contribution in [0.1, 0.15) is 30.4 Å². The number of aromatic nitrogens is 2. The third kappa shape index (κ3) is 4.04. The number of nitrogens with zero attached hydrogens (tertiary/aromatic N) is 4. The molecule has 0 radical (unpaired) electrons. The highest BCUT2D eigenvalue weighted by Crippen LogP contribution is 2.26. The quantitative estimate of drug-likeness (QED) is 0.833. The van der Waals surface area contributed by atoms with Gasteiger partial charge in [-0.1, -0.05) is 24.3 Å². The summed E-state index contributed by atoms with van der Waals surface area (Å²) in [5.74, 6) is 2.03. The number of benzene rings is 1. The van der Waals surface area contributed by atoms with E-state index in [1.165, 1.54) is 11.1 Å². The number of piperidine rings is 1. The predicted octanol–water partition coefficient (Wildman–Crippen LogP) is 2.68. The summed E-state index contributed by atoms with van der Waals surface area (Å²) in [5, 5.41) is 0. The molecule has 0 spiro atoms. The van der Waals surface area contributed by atoms with Gasteiger partial charge in [-0.2, -0.15) is 4.98 Å². The van der Waals surface area contributed by atoms with Gasteiger partial charge in [0.1, 0.15) is 0 Å². The Morgan fingerprint density at radius 2 is 1.93 bits per heavy atom. The number of methoxy groups -OCH3 is 1. The van der Waals surface area contributed by atoms with Gasteiger partial charge >= 0.3 is 0 Å². The Bertz CT molecular complexity index is 802. The topological polar surface area (TPSA) is 58.6 Å². The molecule has 142 valence electrons. The zero-order chi connectivity index (χ0) is 18.6. The number of carbonyl (C=O) groups excluding carboxylic acids is 1. The van der Waals surface area contributed by atoms with Crippen LogP contribution in [0.25, 0.3) is 0 Å². The second kappa shape index (κ2) is 7.94. The summed E-state index contributed by atoms with van der Waals surface area (Å²) in [6.07, 6.45) is 5.33. The molecule has 3 heterocycles. The third-order valence-corrected chi connectivity index (χ3v) is 5.67. The molecule has 0 atom stereocenters. The molecule has 6 nitrogen and oxygen atoms in total. The van der Waals surface area contributed by atoms with Crippen LogP contribution in [0.3, 0.4) is 0 Å². The van der Waals surface area contributed by atoms with Crippen molar-refractivity contribution in [1.29, 1.82) is 0 Å². The lowest BCUT2D eigenvalue weighted by atomic mass is 9.92. The highest BCUT2D eigenvalue weighted by atomic mass is 16.5. The number of hydrogen-bond acceptors (Lipinski definition) is 5. The minimum Gasteiger partial charge on any atom is -0.481 e. The number of hydrogen-bond donors (Lipinski definition) is 0. The second-order valence-corrected chi connectivity index (χ2v) is 7.37. The van der Waals surface area contributed by atoms with Gasteiger partial charge in [0.25, 0.3) is 0 Å². The van der Waals surface area contributed by atoms with Crippen LogP contribution in [0.4, 0.5) is 5.95 Å². The van der Waals surface area contributed by atoms with Gasteiger partial charge in [0.2, 0.25) is 17.7 Å². The minimum absolute atomic E-state index is 0.292. The van der Waals surface area contributed by atoms with Gasteiger partial charge < -0.3 is 14.5 Å². The molecule has 1 aromatic carbocycles. The minimum atomic E-state index is 0.292. The Morgan fingerprint density at radius 1 is 1.15 bits per heavy atom. The lowest BCUT2D eigenvalue weighted by Crippen LogP contribution is -2.39. The molecule has 1 aromatic heterocycles. The average molecular weight is 366 g/mol. The van der Waals surface area contributed by atoms with E-state index in [2.05, 4.69) is 39.1 Å². The van der Waals surface area contributed by atoms with Crippen LogP contribution in [0.2, 0.25) is 0 Å². The first-order valence-electron chi connectivity index (χ1n) is 9.69. The molecule has 2 aromatic rings. The van der Waals surface area contributed by atoms with Crippen molar-refractivity contribution in [2.45, 2.75) is 32.2 Å². The highest BCUT2D eigenvalue weighted by molar-refractivity contribution is 5.76. The molecule has 0 saturated carbocycles. The maximum absolute atomic E-state index is 12.8. The molecule has 2 aliphatic heterocycles. The number of carbonyl (C=O) groups is 1. The van der Waals surface area contributed by atoms with Crippen LogP contribution in [0.5, 0.6) is 5.88 Å². The summed E-state index contributed by atoms with van der Waals surface area (Å²) >= 11 is 0. The Balaban J connectivity index is 1.30. The molecule has 1 saturated heterocycles. The highest BCUT2D eigenvalue weighted by Gasteiger charge is 2.26. The first-order chi connectivity index (χ1) is 13.2. The van der Waals surface area contributed by atoms with Crippen molar-refractivity contribution in [3.8, 4) is 5.88 Å². The largest absolute Gasteiger partial charge is 0.481 e. The zero-order valence-electron chi connectivity index (χ0n) is 15.8. The molecule has 1 amide bonds. The molecule has 2 aliphatic rings. The Hall–Kier alpha value is -2.63. The predicted molar refractivity (Wildman–Crippen MR) is 104 cm³/mol. The van der Waals surface area contributed by atoms with Crippen molar-refractivity contribution >= 4 is 11.9 Å². The second-order valence-electron chi connectivity index (χ2n) is 7.37. The SMILES string of the molecule is COc1ccnc(N2CCC(CC(=O)N3CCc4ccccc4C3)CC2)n1. The van der Waals surface area contributed by atoms with Gasteiger partial charge in [0.15, 0.2) is 0 Å². The van der Waals surface area contributed by atoms with Crippen LogP contribution < -0.4 is 9.64 Å². The van der Waals surface area contributed by atoms with E-state index in [9.17, 15) is 4.79 Å². The number of fused-ring (bicyclic) bond motifs is 1. The first kappa shape index (κ1) is 17.8. The lowest BCUT2D eigenvalue weighted by Gasteiger charge is -2.34. The molecule has 1 fully saturated rings. The fraction of sp³-hybridized carbons (Fsp3) is 0.476. The Labute approximate surface area is 160 Å². The van der Waals surface area contributed by atoms with Crippen LogP contribution in [0, 0.1) is 5.92 Å². The van der Waals surface area contributed by atoms with Crippen molar-refractivity contribution < 1.29 is 9.53 Å². The lowest BCUT2D eigenvalue weighted by molar-refractivity contribution is -0.133.